The van der Waals surface area contributed by atoms with Gasteiger partial charge in [-0.1, -0.05) is 29.8 Å². The van der Waals surface area contributed by atoms with E-state index in [2.05, 4.69) is 5.32 Å². The third-order valence-corrected chi connectivity index (χ3v) is 4.00. The van der Waals surface area contributed by atoms with Crippen molar-refractivity contribution in [3.63, 3.8) is 0 Å². The van der Waals surface area contributed by atoms with Crippen LogP contribution in [0.25, 0.3) is 0 Å². The molecule has 4 nitrogen and oxygen atoms in total. The van der Waals surface area contributed by atoms with Crippen LogP contribution in [-0.2, 0) is 11.2 Å². The normalized spacial score (nSPS) is 10.3. The van der Waals surface area contributed by atoms with E-state index in [4.69, 9.17) is 21.1 Å². The molecule has 3 rings (SSSR count). The third kappa shape index (κ3) is 5.21. The first-order valence-corrected chi connectivity index (χ1v) is 8.57. The van der Waals surface area contributed by atoms with Gasteiger partial charge >= 0.3 is 0 Å². The molecule has 6 heteroatoms. The van der Waals surface area contributed by atoms with Crippen molar-refractivity contribution in [1.82, 2.24) is 0 Å². The van der Waals surface area contributed by atoms with Crippen LogP contribution < -0.4 is 14.8 Å². The number of methoxy groups -OCH3 is 1. The molecule has 0 aliphatic rings. The first-order valence-electron chi connectivity index (χ1n) is 8.19. The Kier molecular flexibility index (Phi) is 5.94. The minimum absolute atomic E-state index is 0.103. The van der Waals surface area contributed by atoms with Gasteiger partial charge in [0.05, 0.1) is 19.2 Å². The molecule has 0 aliphatic heterocycles. The fourth-order valence-electron chi connectivity index (χ4n) is 2.46. The minimum Gasteiger partial charge on any atom is -0.497 e. The molecule has 0 bridgehead atoms. The van der Waals surface area contributed by atoms with Crippen molar-refractivity contribution in [3.05, 3.63) is 83.1 Å². The average Bonchev–Trinajstić information content (AvgIpc) is 2.66. The summed E-state index contributed by atoms with van der Waals surface area (Å²) in [4.78, 5) is 12.4. The predicted octanol–water partition coefficient (Wildman–Crippen LogP) is 5.46. The maximum absolute atomic E-state index is 13.0. The predicted molar refractivity (Wildman–Crippen MR) is 103 cm³/mol. The number of hydrogen-bond donors (Lipinski definition) is 1. The molecule has 138 valence electrons. The summed E-state index contributed by atoms with van der Waals surface area (Å²) in [6.45, 7) is 0. The van der Waals surface area contributed by atoms with E-state index in [9.17, 15) is 9.18 Å². The summed E-state index contributed by atoms with van der Waals surface area (Å²) in [7, 11) is 1.57. The van der Waals surface area contributed by atoms with Gasteiger partial charge in [-0.15, -0.1) is 0 Å². The molecule has 0 heterocycles. The number of ether oxygens (including phenoxy) is 2. The smallest absolute Gasteiger partial charge is 0.228 e. The van der Waals surface area contributed by atoms with Gasteiger partial charge in [0.2, 0.25) is 5.91 Å². The summed E-state index contributed by atoms with van der Waals surface area (Å²) in [5, 5.41) is 3.25. The number of hydrogen-bond acceptors (Lipinski definition) is 3. The van der Waals surface area contributed by atoms with E-state index in [1.807, 2.05) is 0 Å². The van der Waals surface area contributed by atoms with Crippen molar-refractivity contribution in [1.29, 1.82) is 0 Å². The van der Waals surface area contributed by atoms with E-state index in [0.29, 0.717) is 33.5 Å². The molecule has 0 spiro atoms. The van der Waals surface area contributed by atoms with Crippen LogP contribution >= 0.6 is 11.6 Å². The molecule has 0 unspecified atom stereocenters. The maximum atomic E-state index is 13.0. The SMILES string of the molecule is COc1cccc(Oc2ccc(Cl)cc2NC(=O)Cc2ccc(F)cc2)c1. The molecular weight excluding hydrogens is 369 g/mol. The van der Waals surface area contributed by atoms with Crippen LogP contribution in [0.15, 0.2) is 66.7 Å². The van der Waals surface area contributed by atoms with Crippen LogP contribution in [0.2, 0.25) is 5.02 Å². The van der Waals surface area contributed by atoms with Gasteiger partial charge in [-0.2, -0.15) is 0 Å². The van der Waals surface area contributed by atoms with E-state index in [1.165, 1.54) is 12.1 Å². The number of anilines is 1. The quantitative estimate of drug-likeness (QED) is 0.612. The molecule has 0 radical (unpaired) electrons. The topological polar surface area (TPSA) is 47.6 Å². The zero-order valence-corrected chi connectivity index (χ0v) is 15.3. The van der Waals surface area contributed by atoms with Crippen LogP contribution in [0.1, 0.15) is 5.56 Å². The number of rotatable bonds is 6. The monoisotopic (exact) mass is 385 g/mol. The number of halogens is 2. The van der Waals surface area contributed by atoms with E-state index in [-0.39, 0.29) is 18.1 Å². The summed E-state index contributed by atoms with van der Waals surface area (Å²) < 4.78 is 24.0. The van der Waals surface area contributed by atoms with Crippen LogP contribution in [0.4, 0.5) is 10.1 Å². The Labute approximate surface area is 161 Å². The molecule has 0 fully saturated rings. The second-order valence-corrected chi connectivity index (χ2v) is 6.21. The molecule has 27 heavy (non-hydrogen) atoms. The van der Waals surface area contributed by atoms with Gasteiger partial charge in [0.25, 0.3) is 0 Å². The molecular formula is C21H17ClFNO3. The fourth-order valence-corrected chi connectivity index (χ4v) is 2.63. The lowest BCUT2D eigenvalue weighted by Gasteiger charge is -2.13. The molecule has 1 amide bonds. The highest BCUT2D eigenvalue weighted by atomic mass is 35.5. The largest absolute Gasteiger partial charge is 0.497 e. The van der Waals surface area contributed by atoms with Crippen molar-refractivity contribution in [2.24, 2.45) is 0 Å². The first kappa shape index (κ1) is 18.7. The van der Waals surface area contributed by atoms with E-state index in [1.54, 1.807) is 61.7 Å². The third-order valence-electron chi connectivity index (χ3n) is 3.76. The second kappa shape index (κ2) is 8.56. The van der Waals surface area contributed by atoms with Crippen LogP contribution in [0.3, 0.4) is 0 Å². The Morgan fingerprint density at radius 3 is 2.52 bits per heavy atom. The number of carbonyl (C=O) groups is 1. The summed E-state index contributed by atoms with van der Waals surface area (Å²) in [5.41, 5.74) is 1.14. The molecule has 0 aromatic heterocycles. The van der Waals surface area contributed by atoms with E-state index >= 15 is 0 Å². The molecule has 3 aromatic carbocycles. The Morgan fingerprint density at radius 2 is 1.78 bits per heavy atom. The van der Waals surface area contributed by atoms with Gasteiger partial charge in [-0.05, 0) is 48.0 Å². The Hall–Kier alpha value is -3.05. The highest BCUT2D eigenvalue weighted by molar-refractivity contribution is 6.31. The second-order valence-electron chi connectivity index (χ2n) is 5.77. The fraction of sp³-hybridized carbons (Fsp3) is 0.0952. The lowest BCUT2D eigenvalue weighted by Crippen LogP contribution is -2.15. The zero-order valence-electron chi connectivity index (χ0n) is 14.5. The standard InChI is InChI=1S/C21H17ClFNO3/c1-26-17-3-2-4-18(13-17)27-20-10-7-15(22)12-19(20)24-21(25)11-14-5-8-16(23)9-6-14/h2-10,12-13H,11H2,1H3,(H,24,25). The van der Waals surface area contributed by atoms with Crippen molar-refractivity contribution in [3.8, 4) is 17.2 Å². The van der Waals surface area contributed by atoms with Crippen molar-refractivity contribution in [2.75, 3.05) is 12.4 Å². The summed E-state index contributed by atoms with van der Waals surface area (Å²) in [6.07, 6.45) is 0.103. The molecule has 1 N–H and O–H groups in total. The molecule has 3 aromatic rings. The molecule has 0 saturated heterocycles. The van der Waals surface area contributed by atoms with E-state index in [0.717, 1.165) is 0 Å². The number of benzene rings is 3. The zero-order chi connectivity index (χ0) is 19.2. The number of carbonyl (C=O) groups excluding carboxylic acids is 1. The van der Waals surface area contributed by atoms with Gasteiger partial charge in [0.1, 0.15) is 17.3 Å². The van der Waals surface area contributed by atoms with Gasteiger partial charge < -0.3 is 14.8 Å². The maximum Gasteiger partial charge on any atom is 0.228 e. The van der Waals surface area contributed by atoms with Crippen LogP contribution in [-0.4, -0.2) is 13.0 Å². The number of nitrogens with one attached hydrogen (secondary N) is 1. The van der Waals surface area contributed by atoms with Crippen molar-refractivity contribution >= 4 is 23.2 Å². The Morgan fingerprint density at radius 1 is 1.04 bits per heavy atom. The Balaban J connectivity index is 1.77. The van der Waals surface area contributed by atoms with Gasteiger partial charge in [0.15, 0.2) is 5.75 Å². The van der Waals surface area contributed by atoms with Gasteiger partial charge in [-0.25, -0.2) is 4.39 Å². The minimum atomic E-state index is -0.344. The summed E-state index contributed by atoms with van der Waals surface area (Å²) in [5.74, 6) is 1.05. The van der Waals surface area contributed by atoms with Crippen molar-refractivity contribution < 1.29 is 18.7 Å². The summed E-state index contributed by atoms with van der Waals surface area (Å²) >= 11 is 6.06. The lowest BCUT2D eigenvalue weighted by molar-refractivity contribution is -0.115. The lowest BCUT2D eigenvalue weighted by atomic mass is 10.1. The number of amides is 1. The molecule has 0 atom stereocenters. The van der Waals surface area contributed by atoms with E-state index < -0.39 is 0 Å². The highest BCUT2D eigenvalue weighted by Gasteiger charge is 2.11. The Bertz CT molecular complexity index is 944. The summed E-state index contributed by atoms with van der Waals surface area (Å²) in [6, 6.07) is 17.9. The highest BCUT2D eigenvalue weighted by Crippen LogP contribution is 2.33. The van der Waals surface area contributed by atoms with Crippen molar-refractivity contribution in [2.45, 2.75) is 6.42 Å². The van der Waals surface area contributed by atoms with Crippen LogP contribution in [0, 0.1) is 5.82 Å². The average molecular weight is 386 g/mol. The molecule has 0 aliphatic carbocycles. The van der Waals surface area contributed by atoms with Crippen LogP contribution in [0.5, 0.6) is 17.2 Å². The molecule has 0 saturated carbocycles. The first-order chi connectivity index (χ1) is 13.0. The van der Waals surface area contributed by atoms with Gasteiger partial charge in [0, 0.05) is 11.1 Å². The van der Waals surface area contributed by atoms with Gasteiger partial charge in [-0.3, -0.25) is 4.79 Å².